The van der Waals surface area contributed by atoms with Crippen molar-refractivity contribution < 1.29 is 19.1 Å². The number of hydrogen-bond donors (Lipinski definition) is 1. The van der Waals surface area contributed by atoms with Crippen molar-refractivity contribution in [1.29, 1.82) is 0 Å². The summed E-state index contributed by atoms with van der Waals surface area (Å²) >= 11 is 3.36. The van der Waals surface area contributed by atoms with Gasteiger partial charge in [0, 0.05) is 10.2 Å². The predicted octanol–water partition coefficient (Wildman–Crippen LogP) is 2.58. The third-order valence-corrected chi connectivity index (χ3v) is 3.07. The molecule has 0 heterocycles. The largest absolute Gasteiger partial charge is 0.483 e. The Morgan fingerprint density at radius 2 is 2.09 bits per heavy atom. The highest BCUT2D eigenvalue weighted by Gasteiger charge is 2.07. The molecule has 1 amide bonds. The molecule has 7 heteroatoms. The third-order valence-electron chi connectivity index (χ3n) is 2.57. The summed E-state index contributed by atoms with van der Waals surface area (Å²) in [4.78, 5) is 22.9. The summed E-state index contributed by atoms with van der Waals surface area (Å²) in [6.45, 7) is 5.42. The fourth-order valence-electron chi connectivity index (χ4n) is 1.57. The molecule has 0 aliphatic heterocycles. The molecule has 0 atom stereocenters. The highest BCUT2D eigenvalue weighted by Crippen LogP contribution is 2.21. The molecule has 0 unspecified atom stereocenters. The van der Waals surface area contributed by atoms with Gasteiger partial charge in [-0.05, 0) is 44.5 Å². The van der Waals surface area contributed by atoms with Crippen LogP contribution in [-0.4, -0.2) is 30.8 Å². The number of carbonyl (C=O) groups excluding carboxylic acids is 2. The lowest BCUT2D eigenvalue weighted by Crippen LogP contribution is -2.26. The summed E-state index contributed by atoms with van der Waals surface area (Å²) in [7, 11) is 0. The van der Waals surface area contributed by atoms with Crippen molar-refractivity contribution in [2.24, 2.45) is 5.10 Å². The number of rotatable bonds is 7. The second-order valence-electron chi connectivity index (χ2n) is 4.56. The number of amides is 1. The van der Waals surface area contributed by atoms with Gasteiger partial charge in [0.1, 0.15) is 5.75 Å². The molecule has 0 fully saturated rings. The van der Waals surface area contributed by atoms with Crippen LogP contribution in [0.25, 0.3) is 0 Å². The first kappa shape index (κ1) is 18.2. The van der Waals surface area contributed by atoms with Gasteiger partial charge >= 0.3 is 5.97 Å². The molecule has 22 heavy (non-hydrogen) atoms. The van der Waals surface area contributed by atoms with Crippen LogP contribution in [0.15, 0.2) is 27.8 Å². The Hall–Kier alpha value is -1.89. The van der Waals surface area contributed by atoms with Crippen molar-refractivity contribution >= 4 is 33.5 Å². The number of hydrogen-bond acceptors (Lipinski definition) is 5. The number of hydrazone groups is 1. The summed E-state index contributed by atoms with van der Waals surface area (Å²) in [6, 6.07) is 5.51. The minimum atomic E-state index is -0.398. The van der Waals surface area contributed by atoms with Gasteiger partial charge in [-0.3, -0.25) is 9.59 Å². The van der Waals surface area contributed by atoms with Gasteiger partial charge in [-0.2, -0.15) is 5.10 Å². The standard InChI is InChI=1S/C15H19BrN2O4/c1-4-21-15(20)8-11(3)17-18-14(19)9-22-13-6-5-12(16)7-10(13)2/h5-7H,4,8-9H2,1-3H3,(H,18,19). The van der Waals surface area contributed by atoms with Gasteiger partial charge in [-0.25, -0.2) is 5.43 Å². The fourth-order valence-corrected chi connectivity index (χ4v) is 2.04. The van der Waals surface area contributed by atoms with E-state index in [2.05, 4.69) is 26.5 Å². The highest BCUT2D eigenvalue weighted by molar-refractivity contribution is 9.10. The van der Waals surface area contributed by atoms with Gasteiger partial charge in [0.25, 0.3) is 5.91 Å². The number of aryl methyl sites for hydroxylation is 1. The topological polar surface area (TPSA) is 77.0 Å². The maximum atomic E-state index is 11.6. The maximum absolute atomic E-state index is 11.6. The van der Waals surface area contributed by atoms with Crippen molar-refractivity contribution in [2.75, 3.05) is 13.2 Å². The summed E-state index contributed by atoms with van der Waals surface area (Å²) in [6.07, 6.45) is 0.0425. The first-order chi connectivity index (χ1) is 10.4. The molecular formula is C15H19BrN2O4. The Labute approximate surface area is 138 Å². The quantitative estimate of drug-likeness (QED) is 0.454. The van der Waals surface area contributed by atoms with Gasteiger partial charge in [0.15, 0.2) is 6.61 Å². The molecule has 120 valence electrons. The number of nitrogens with zero attached hydrogens (tertiary/aromatic N) is 1. The van der Waals surface area contributed by atoms with E-state index in [1.54, 1.807) is 19.9 Å². The average Bonchev–Trinajstić information content (AvgIpc) is 2.44. The molecule has 0 saturated heterocycles. The number of esters is 1. The Balaban J connectivity index is 2.41. The van der Waals surface area contributed by atoms with Crippen molar-refractivity contribution in [3.8, 4) is 5.75 Å². The Kier molecular flexibility index (Phi) is 7.59. The number of benzene rings is 1. The summed E-state index contributed by atoms with van der Waals surface area (Å²) in [5, 5.41) is 3.82. The van der Waals surface area contributed by atoms with Gasteiger partial charge in [0.05, 0.1) is 13.0 Å². The first-order valence-electron chi connectivity index (χ1n) is 6.79. The highest BCUT2D eigenvalue weighted by atomic mass is 79.9. The van der Waals surface area contributed by atoms with Crippen LogP contribution < -0.4 is 10.2 Å². The number of halogens is 1. The van der Waals surface area contributed by atoms with Crippen LogP contribution >= 0.6 is 15.9 Å². The van der Waals surface area contributed by atoms with Crippen LogP contribution in [0.2, 0.25) is 0 Å². The first-order valence-corrected chi connectivity index (χ1v) is 7.58. The molecule has 6 nitrogen and oxygen atoms in total. The molecule has 1 aromatic rings. The number of ether oxygens (including phenoxy) is 2. The fraction of sp³-hybridized carbons (Fsp3) is 0.400. The lowest BCUT2D eigenvalue weighted by atomic mass is 10.2. The van der Waals surface area contributed by atoms with Crippen LogP contribution in [0.1, 0.15) is 25.8 Å². The summed E-state index contributed by atoms with van der Waals surface area (Å²) in [5.41, 5.74) is 3.72. The van der Waals surface area contributed by atoms with E-state index in [9.17, 15) is 9.59 Å². The molecule has 1 N–H and O–H groups in total. The van der Waals surface area contributed by atoms with Gasteiger partial charge in [0.2, 0.25) is 0 Å². The molecule has 0 aliphatic carbocycles. The van der Waals surface area contributed by atoms with Crippen LogP contribution in [0, 0.1) is 6.92 Å². The Morgan fingerprint density at radius 3 is 2.73 bits per heavy atom. The van der Waals surface area contributed by atoms with E-state index in [-0.39, 0.29) is 19.0 Å². The molecule has 1 aromatic carbocycles. The van der Waals surface area contributed by atoms with Gasteiger partial charge < -0.3 is 9.47 Å². The minimum absolute atomic E-state index is 0.0425. The van der Waals surface area contributed by atoms with E-state index in [0.717, 1.165) is 10.0 Å². The third kappa shape index (κ3) is 6.71. The summed E-state index contributed by atoms with van der Waals surface area (Å²) in [5.74, 6) is -0.143. The van der Waals surface area contributed by atoms with Crippen LogP contribution in [0.4, 0.5) is 0 Å². The van der Waals surface area contributed by atoms with Crippen molar-refractivity contribution in [1.82, 2.24) is 5.43 Å². The predicted molar refractivity (Wildman–Crippen MR) is 86.9 cm³/mol. The van der Waals surface area contributed by atoms with Gasteiger partial charge in [-0.1, -0.05) is 15.9 Å². The van der Waals surface area contributed by atoms with E-state index in [1.165, 1.54) is 0 Å². The molecule has 0 bridgehead atoms. The number of carbonyl (C=O) groups is 2. The molecule has 0 radical (unpaired) electrons. The smallest absolute Gasteiger partial charge is 0.311 e. The van der Waals surface area contributed by atoms with Crippen molar-refractivity contribution in [3.05, 3.63) is 28.2 Å². The molecule has 0 saturated carbocycles. The molecular weight excluding hydrogens is 352 g/mol. The monoisotopic (exact) mass is 370 g/mol. The lowest BCUT2D eigenvalue weighted by molar-refractivity contribution is -0.141. The maximum Gasteiger partial charge on any atom is 0.311 e. The zero-order valence-electron chi connectivity index (χ0n) is 12.8. The van der Waals surface area contributed by atoms with E-state index in [1.807, 2.05) is 19.1 Å². The lowest BCUT2D eigenvalue weighted by Gasteiger charge is -2.08. The van der Waals surface area contributed by atoms with Crippen LogP contribution in [-0.2, 0) is 14.3 Å². The van der Waals surface area contributed by atoms with E-state index in [0.29, 0.717) is 18.1 Å². The number of nitrogens with one attached hydrogen (secondary N) is 1. The normalized spacial score (nSPS) is 11.0. The van der Waals surface area contributed by atoms with E-state index >= 15 is 0 Å². The second-order valence-corrected chi connectivity index (χ2v) is 5.48. The van der Waals surface area contributed by atoms with Crippen LogP contribution in [0.3, 0.4) is 0 Å². The van der Waals surface area contributed by atoms with Crippen LogP contribution in [0.5, 0.6) is 5.75 Å². The zero-order valence-corrected chi connectivity index (χ0v) is 14.4. The van der Waals surface area contributed by atoms with Gasteiger partial charge in [-0.15, -0.1) is 0 Å². The van der Waals surface area contributed by atoms with E-state index in [4.69, 9.17) is 9.47 Å². The second kappa shape index (κ2) is 9.19. The summed E-state index contributed by atoms with van der Waals surface area (Å²) < 4.78 is 11.1. The molecule has 0 aromatic heterocycles. The molecule has 0 aliphatic rings. The van der Waals surface area contributed by atoms with E-state index < -0.39 is 5.91 Å². The molecule has 0 spiro atoms. The Bertz CT molecular complexity index is 573. The average molecular weight is 371 g/mol. The Morgan fingerprint density at radius 1 is 1.36 bits per heavy atom. The van der Waals surface area contributed by atoms with Crippen molar-refractivity contribution in [2.45, 2.75) is 27.2 Å². The SMILES string of the molecule is CCOC(=O)CC(C)=NNC(=O)COc1ccc(Br)cc1C. The zero-order chi connectivity index (χ0) is 16.5. The molecule has 1 rings (SSSR count). The van der Waals surface area contributed by atoms with Crippen molar-refractivity contribution in [3.63, 3.8) is 0 Å². The minimum Gasteiger partial charge on any atom is -0.483 e.